The van der Waals surface area contributed by atoms with Gasteiger partial charge in [0.25, 0.3) is 0 Å². The van der Waals surface area contributed by atoms with E-state index < -0.39 is 0 Å². The predicted molar refractivity (Wildman–Crippen MR) is 58.9 cm³/mol. The summed E-state index contributed by atoms with van der Waals surface area (Å²) in [6.07, 6.45) is 1.91. The molecule has 2 aromatic rings. The van der Waals surface area contributed by atoms with E-state index in [9.17, 15) is 0 Å². The monoisotopic (exact) mass is 255 g/mol. The molecule has 1 nitrogen and oxygen atoms in total. The van der Waals surface area contributed by atoms with Crippen molar-refractivity contribution in [2.24, 2.45) is 0 Å². The first kappa shape index (κ1) is 8.85. The zero-order valence-electron chi connectivity index (χ0n) is 6.72. The van der Waals surface area contributed by atoms with E-state index in [2.05, 4.69) is 20.9 Å². The third-order valence-corrected chi connectivity index (χ3v) is 2.51. The van der Waals surface area contributed by atoms with Crippen molar-refractivity contribution < 1.29 is 0 Å². The van der Waals surface area contributed by atoms with Gasteiger partial charge in [-0.15, -0.1) is 0 Å². The van der Waals surface area contributed by atoms with Crippen LogP contribution in [0.5, 0.6) is 0 Å². The normalized spacial score (nSPS) is 10.3. The molecule has 0 fully saturated rings. The van der Waals surface area contributed by atoms with Gasteiger partial charge in [-0.05, 0) is 39.7 Å². The van der Waals surface area contributed by atoms with Crippen LogP contribution in [0.15, 0.2) is 41.0 Å². The van der Waals surface area contributed by atoms with E-state index in [-0.39, 0.29) is 0 Å². The number of nitrogens with one attached hydrogen (secondary N) is 1. The SMILES string of the molecule is Clc1ccc(-c2cc(Br)c[nH]2)cc1. The van der Waals surface area contributed by atoms with E-state index in [0.717, 1.165) is 20.8 Å². The van der Waals surface area contributed by atoms with Gasteiger partial charge in [0, 0.05) is 21.4 Å². The largest absolute Gasteiger partial charge is 0.360 e. The van der Waals surface area contributed by atoms with Gasteiger partial charge in [-0.25, -0.2) is 0 Å². The van der Waals surface area contributed by atoms with E-state index in [4.69, 9.17) is 11.6 Å². The third kappa shape index (κ3) is 1.95. The second-order valence-electron chi connectivity index (χ2n) is 2.74. The number of benzene rings is 1. The number of hydrogen-bond donors (Lipinski definition) is 1. The fourth-order valence-corrected chi connectivity index (χ4v) is 1.63. The van der Waals surface area contributed by atoms with Crippen LogP contribution < -0.4 is 0 Å². The quantitative estimate of drug-likeness (QED) is 0.791. The lowest BCUT2D eigenvalue weighted by Gasteiger charge is -1.96. The minimum Gasteiger partial charge on any atom is -0.360 e. The summed E-state index contributed by atoms with van der Waals surface area (Å²) < 4.78 is 1.05. The van der Waals surface area contributed by atoms with Crippen molar-refractivity contribution in [1.82, 2.24) is 4.98 Å². The average molecular weight is 257 g/mol. The van der Waals surface area contributed by atoms with Gasteiger partial charge in [0.1, 0.15) is 0 Å². The zero-order valence-corrected chi connectivity index (χ0v) is 9.06. The Labute approximate surface area is 89.9 Å². The summed E-state index contributed by atoms with van der Waals surface area (Å²) in [6.45, 7) is 0. The van der Waals surface area contributed by atoms with Crippen LogP contribution in [0.3, 0.4) is 0 Å². The molecular weight excluding hydrogens is 249 g/mol. The first-order chi connectivity index (χ1) is 6.25. The fraction of sp³-hybridized carbons (Fsp3) is 0. The topological polar surface area (TPSA) is 15.8 Å². The van der Waals surface area contributed by atoms with Crippen LogP contribution >= 0.6 is 27.5 Å². The Hall–Kier alpha value is -0.730. The third-order valence-electron chi connectivity index (χ3n) is 1.80. The minimum absolute atomic E-state index is 0.759. The molecule has 1 N–H and O–H groups in total. The Bertz CT molecular complexity index is 405. The molecule has 66 valence electrons. The van der Waals surface area contributed by atoms with Crippen LogP contribution in [-0.2, 0) is 0 Å². The molecule has 1 heterocycles. The van der Waals surface area contributed by atoms with Crippen LogP contribution in [-0.4, -0.2) is 4.98 Å². The van der Waals surface area contributed by atoms with Crippen LogP contribution in [0.4, 0.5) is 0 Å². The Morgan fingerprint density at radius 3 is 2.38 bits per heavy atom. The van der Waals surface area contributed by atoms with Crippen molar-refractivity contribution in [1.29, 1.82) is 0 Å². The highest BCUT2D eigenvalue weighted by molar-refractivity contribution is 9.10. The highest BCUT2D eigenvalue weighted by atomic mass is 79.9. The second-order valence-corrected chi connectivity index (χ2v) is 4.09. The molecule has 13 heavy (non-hydrogen) atoms. The van der Waals surface area contributed by atoms with E-state index in [0.29, 0.717) is 0 Å². The van der Waals surface area contributed by atoms with Crippen LogP contribution in [0.2, 0.25) is 5.02 Å². The molecule has 0 spiro atoms. The highest BCUT2D eigenvalue weighted by Crippen LogP contribution is 2.23. The lowest BCUT2D eigenvalue weighted by atomic mass is 10.2. The molecule has 1 aromatic heterocycles. The van der Waals surface area contributed by atoms with Gasteiger partial charge in [-0.1, -0.05) is 23.7 Å². The van der Waals surface area contributed by atoms with Gasteiger partial charge in [0.2, 0.25) is 0 Å². The standard InChI is InChI=1S/C10H7BrClN/c11-8-5-10(13-6-8)7-1-3-9(12)4-2-7/h1-6,13H. The maximum Gasteiger partial charge on any atom is 0.0465 e. The molecule has 0 atom stereocenters. The Morgan fingerprint density at radius 1 is 1.15 bits per heavy atom. The molecular formula is C10H7BrClN. The van der Waals surface area contributed by atoms with Gasteiger partial charge in [-0.2, -0.15) is 0 Å². The Kier molecular flexibility index (Phi) is 2.42. The molecule has 0 bridgehead atoms. The summed E-state index contributed by atoms with van der Waals surface area (Å²) in [5, 5.41) is 0.759. The molecule has 0 aliphatic rings. The van der Waals surface area contributed by atoms with Gasteiger partial charge in [-0.3, -0.25) is 0 Å². The lowest BCUT2D eigenvalue weighted by Crippen LogP contribution is -1.74. The van der Waals surface area contributed by atoms with E-state index in [1.807, 2.05) is 36.5 Å². The van der Waals surface area contributed by atoms with Crippen molar-refractivity contribution >= 4 is 27.5 Å². The average Bonchev–Trinajstić information content (AvgIpc) is 2.53. The number of H-pyrrole nitrogens is 1. The summed E-state index contributed by atoms with van der Waals surface area (Å²) in [5.41, 5.74) is 2.22. The molecule has 2 rings (SSSR count). The number of hydrogen-bond acceptors (Lipinski definition) is 0. The van der Waals surface area contributed by atoms with Crippen molar-refractivity contribution in [3.8, 4) is 11.3 Å². The molecule has 0 unspecified atom stereocenters. The smallest absolute Gasteiger partial charge is 0.0465 e. The van der Waals surface area contributed by atoms with Crippen molar-refractivity contribution in [3.05, 3.63) is 46.0 Å². The van der Waals surface area contributed by atoms with Crippen LogP contribution in [0.1, 0.15) is 0 Å². The molecule has 0 aliphatic heterocycles. The Balaban J connectivity index is 2.41. The second kappa shape index (κ2) is 3.56. The molecule has 0 saturated heterocycles. The summed E-state index contributed by atoms with van der Waals surface area (Å²) in [4.78, 5) is 3.15. The number of rotatable bonds is 1. The molecule has 0 amide bonds. The van der Waals surface area contributed by atoms with Crippen molar-refractivity contribution in [3.63, 3.8) is 0 Å². The van der Waals surface area contributed by atoms with Gasteiger partial charge < -0.3 is 4.98 Å². The molecule has 3 heteroatoms. The van der Waals surface area contributed by atoms with Crippen LogP contribution in [0.25, 0.3) is 11.3 Å². The highest BCUT2D eigenvalue weighted by Gasteiger charge is 1.99. The van der Waals surface area contributed by atoms with Gasteiger partial charge in [0.15, 0.2) is 0 Å². The number of aromatic nitrogens is 1. The molecule has 0 saturated carbocycles. The maximum absolute atomic E-state index is 5.78. The number of aromatic amines is 1. The summed E-state index contributed by atoms with van der Waals surface area (Å²) in [6, 6.07) is 9.77. The summed E-state index contributed by atoms with van der Waals surface area (Å²) in [5.74, 6) is 0. The maximum atomic E-state index is 5.78. The molecule has 0 radical (unpaired) electrons. The molecule has 1 aromatic carbocycles. The van der Waals surface area contributed by atoms with E-state index in [1.54, 1.807) is 0 Å². The van der Waals surface area contributed by atoms with E-state index >= 15 is 0 Å². The summed E-state index contributed by atoms with van der Waals surface area (Å²) in [7, 11) is 0. The first-order valence-corrected chi connectivity index (χ1v) is 5.02. The summed E-state index contributed by atoms with van der Waals surface area (Å²) >= 11 is 9.17. The molecule has 0 aliphatic carbocycles. The van der Waals surface area contributed by atoms with Gasteiger partial charge in [0.05, 0.1) is 0 Å². The minimum atomic E-state index is 0.759. The number of halogens is 2. The van der Waals surface area contributed by atoms with E-state index in [1.165, 1.54) is 0 Å². The van der Waals surface area contributed by atoms with Crippen LogP contribution in [0, 0.1) is 0 Å². The van der Waals surface area contributed by atoms with Gasteiger partial charge >= 0.3 is 0 Å². The zero-order chi connectivity index (χ0) is 9.26. The van der Waals surface area contributed by atoms with Crippen molar-refractivity contribution in [2.75, 3.05) is 0 Å². The fourth-order valence-electron chi connectivity index (χ4n) is 1.16. The van der Waals surface area contributed by atoms with Crippen molar-refractivity contribution in [2.45, 2.75) is 0 Å². The Morgan fingerprint density at radius 2 is 1.85 bits per heavy atom. The first-order valence-electron chi connectivity index (χ1n) is 3.85. The lowest BCUT2D eigenvalue weighted by molar-refractivity contribution is 1.40. The predicted octanol–water partition coefficient (Wildman–Crippen LogP) is 4.10.